The average molecular weight is 358 g/mol. The first kappa shape index (κ1) is 16.4. The van der Waals surface area contributed by atoms with Crippen LogP contribution < -0.4 is 4.90 Å². The SMILES string of the molecule is Cc1nnc2ccc(N3CCN(C(=O)c4ccc(F)cc4F)CC3)nn12. The van der Waals surface area contributed by atoms with Crippen LogP contribution in [0.2, 0.25) is 0 Å². The summed E-state index contributed by atoms with van der Waals surface area (Å²) in [6.07, 6.45) is 0. The summed E-state index contributed by atoms with van der Waals surface area (Å²) in [6.45, 7) is 3.81. The van der Waals surface area contributed by atoms with E-state index in [1.165, 1.54) is 6.07 Å². The normalized spacial score (nSPS) is 14.9. The highest BCUT2D eigenvalue weighted by molar-refractivity contribution is 5.94. The number of hydrogen-bond donors (Lipinski definition) is 0. The highest BCUT2D eigenvalue weighted by atomic mass is 19.1. The van der Waals surface area contributed by atoms with Crippen LogP contribution in [0.15, 0.2) is 30.3 Å². The molecule has 0 unspecified atom stereocenters. The molecule has 1 fully saturated rings. The molecule has 0 bridgehead atoms. The molecular weight excluding hydrogens is 342 g/mol. The summed E-state index contributed by atoms with van der Waals surface area (Å²) in [6, 6.07) is 6.70. The zero-order valence-electron chi connectivity index (χ0n) is 14.1. The Morgan fingerprint density at radius 3 is 2.54 bits per heavy atom. The predicted octanol–water partition coefficient (Wildman–Crippen LogP) is 1.67. The molecule has 1 aliphatic rings. The fourth-order valence-electron chi connectivity index (χ4n) is 3.03. The number of fused-ring (bicyclic) bond motifs is 1. The van der Waals surface area contributed by atoms with Crippen molar-refractivity contribution in [3.8, 4) is 0 Å². The van der Waals surface area contributed by atoms with Crippen LogP contribution in [0.5, 0.6) is 0 Å². The predicted molar refractivity (Wildman–Crippen MR) is 90.0 cm³/mol. The number of aromatic nitrogens is 4. The van der Waals surface area contributed by atoms with E-state index < -0.39 is 17.5 Å². The molecule has 9 heteroatoms. The number of amides is 1. The van der Waals surface area contributed by atoms with Crippen LogP contribution in [0, 0.1) is 18.6 Å². The molecule has 0 atom stereocenters. The van der Waals surface area contributed by atoms with Crippen LogP contribution in [-0.2, 0) is 0 Å². The molecule has 0 spiro atoms. The maximum absolute atomic E-state index is 13.8. The van der Waals surface area contributed by atoms with Gasteiger partial charge in [-0.1, -0.05) is 0 Å². The quantitative estimate of drug-likeness (QED) is 0.697. The lowest BCUT2D eigenvalue weighted by molar-refractivity contribution is 0.0741. The van der Waals surface area contributed by atoms with Crippen molar-refractivity contribution in [1.29, 1.82) is 0 Å². The van der Waals surface area contributed by atoms with Crippen molar-refractivity contribution in [2.75, 3.05) is 31.1 Å². The van der Waals surface area contributed by atoms with Gasteiger partial charge in [-0.2, -0.15) is 4.52 Å². The van der Waals surface area contributed by atoms with Crippen molar-refractivity contribution in [2.24, 2.45) is 0 Å². The molecule has 3 heterocycles. The molecule has 0 N–H and O–H groups in total. The third-order valence-corrected chi connectivity index (χ3v) is 4.46. The fourth-order valence-corrected chi connectivity index (χ4v) is 3.03. The number of halogens is 2. The molecule has 3 aromatic rings. The van der Waals surface area contributed by atoms with Crippen LogP contribution in [0.4, 0.5) is 14.6 Å². The highest BCUT2D eigenvalue weighted by Crippen LogP contribution is 2.17. The van der Waals surface area contributed by atoms with Gasteiger partial charge in [0.2, 0.25) is 0 Å². The monoisotopic (exact) mass is 358 g/mol. The van der Waals surface area contributed by atoms with Gasteiger partial charge in [-0.15, -0.1) is 15.3 Å². The topological polar surface area (TPSA) is 66.6 Å². The summed E-state index contributed by atoms with van der Waals surface area (Å²) in [5.41, 5.74) is 0.561. The molecule has 134 valence electrons. The number of rotatable bonds is 2. The van der Waals surface area contributed by atoms with Gasteiger partial charge in [0, 0.05) is 32.2 Å². The van der Waals surface area contributed by atoms with E-state index >= 15 is 0 Å². The largest absolute Gasteiger partial charge is 0.352 e. The van der Waals surface area contributed by atoms with Gasteiger partial charge >= 0.3 is 0 Å². The Balaban J connectivity index is 1.47. The summed E-state index contributed by atoms with van der Waals surface area (Å²) in [4.78, 5) is 16.1. The lowest BCUT2D eigenvalue weighted by Gasteiger charge is -2.35. The molecule has 1 aliphatic heterocycles. The number of aryl methyl sites for hydroxylation is 1. The van der Waals surface area contributed by atoms with Crippen LogP contribution >= 0.6 is 0 Å². The molecule has 1 amide bonds. The summed E-state index contributed by atoms with van der Waals surface area (Å²) in [5.74, 6) is -0.509. The van der Waals surface area contributed by atoms with Crippen molar-refractivity contribution >= 4 is 17.4 Å². The van der Waals surface area contributed by atoms with Crippen molar-refractivity contribution in [2.45, 2.75) is 6.92 Å². The van der Waals surface area contributed by atoms with Gasteiger partial charge in [0.25, 0.3) is 5.91 Å². The number of carbonyl (C=O) groups excluding carboxylic acids is 1. The zero-order valence-corrected chi connectivity index (χ0v) is 14.1. The Bertz CT molecular complexity index is 981. The Morgan fingerprint density at radius 2 is 1.81 bits per heavy atom. The van der Waals surface area contributed by atoms with E-state index in [2.05, 4.69) is 15.3 Å². The van der Waals surface area contributed by atoms with Gasteiger partial charge in [0.15, 0.2) is 11.5 Å². The summed E-state index contributed by atoms with van der Waals surface area (Å²) in [5, 5.41) is 12.5. The Morgan fingerprint density at radius 1 is 1.04 bits per heavy atom. The summed E-state index contributed by atoms with van der Waals surface area (Å²) in [7, 11) is 0. The van der Waals surface area contributed by atoms with Gasteiger partial charge in [-0.3, -0.25) is 4.79 Å². The minimum absolute atomic E-state index is 0.112. The minimum Gasteiger partial charge on any atom is -0.352 e. The lowest BCUT2D eigenvalue weighted by atomic mass is 10.1. The fraction of sp³-hybridized carbons (Fsp3) is 0.294. The maximum atomic E-state index is 13.8. The van der Waals surface area contributed by atoms with Crippen molar-refractivity contribution in [3.63, 3.8) is 0 Å². The van der Waals surface area contributed by atoms with Crippen LogP contribution in [0.1, 0.15) is 16.2 Å². The van der Waals surface area contributed by atoms with E-state index in [1.54, 1.807) is 9.42 Å². The third kappa shape index (κ3) is 2.85. The second-order valence-corrected chi connectivity index (χ2v) is 6.11. The molecule has 1 saturated heterocycles. The van der Waals surface area contributed by atoms with Crippen LogP contribution in [0.25, 0.3) is 5.65 Å². The van der Waals surface area contributed by atoms with Gasteiger partial charge in [-0.25, -0.2) is 8.78 Å². The Labute approximate surface area is 147 Å². The molecule has 26 heavy (non-hydrogen) atoms. The zero-order chi connectivity index (χ0) is 18.3. The number of hydrogen-bond acceptors (Lipinski definition) is 5. The standard InChI is InChI=1S/C17H16F2N6O/c1-11-20-21-15-4-5-16(22-25(11)15)23-6-8-24(9-7-23)17(26)13-3-2-12(18)10-14(13)19/h2-5,10H,6-9H2,1H3. The number of benzene rings is 1. The third-order valence-electron chi connectivity index (χ3n) is 4.46. The van der Waals surface area contributed by atoms with Gasteiger partial charge in [-0.05, 0) is 31.2 Å². The Hall–Kier alpha value is -3.10. The molecule has 0 aliphatic carbocycles. The van der Waals surface area contributed by atoms with Gasteiger partial charge in [0.1, 0.15) is 17.5 Å². The second-order valence-electron chi connectivity index (χ2n) is 6.11. The maximum Gasteiger partial charge on any atom is 0.256 e. The van der Waals surface area contributed by atoms with Gasteiger partial charge in [0.05, 0.1) is 5.56 Å². The first-order valence-corrected chi connectivity index (χ1v) is 8.21. The van der Waals surface area contributed by atoms with Crippen LogP contribution in [0.3, 0.4) is 0 Å². The molecule has 2 aromatic heterocycles. The smallest absolute Gasteiger partial charge is 0.256 e. The number of carbonyl (C=O) groups is 1. The molecule has 0 saturated carbocycles. The van der Waals surface area contributed by atoms with E-state index in [4.69, 9.17) is 0 Å². The average Bonchev–Trinajstić information content (AvgIpc) is 3.02. The van der Waals surface area contributed by atoms with E-state index in [0.717, 1.165) is 18.0 Å². The highest BCUT2D eigenvalue weighted by Gasteiger charge is 2.25. The summed E-state index contributed by atoms with van der Waals surface area (Å²) >= 11 is 0. The van der Waals surface area contributed by atoms with Crippen molar-refractivity contribution in [1.82, 2.24) is 24.7 Å². The molecule has 7 nitrogen and oxygen atoms in total. The van der Waals surface area contributed by atoms with Crippen molar-refractivity contribution in [3.05, 3.63) is 53.4 Å². The van der Waals surface area contributed by atoms with E-state index in [9.17, 15) is 13.6 Å². The number of piperazine rings is 1. The molecule has 1 aromatic carbocycles. The van der Waals surface area contributed by atoms with E-state index in [0.29, 0.717) is 37.7 Å². The molecule has 4 rings (SSSR count). The summed E-state index contributed by atoms with van der Waals surface area (Å²) < 4.78 is 28.5. The van der Waals surface area contributed by atoms with Crippen molar-refractivity contribution < 1.29 is 13.6 Å². The first-order chi connectivity index (χ1) is 12.5. The number of nitrogens with zero attached hydrogens (tertiary/aromatic N) is 6. The first-order valence-electron chi connectivity index (χ1n) is 8.21. The van der Waals surface area contributed by atoms with E-state index in [1.807, 2.05) is 24.0 Å². The minimum atomic E-state index is -0.840. The van der Waals surface area contributed by atoms with Gasteiger partial charge < -0.3 is 9.80 Å². The van der Waals surface area contributed by atoms with E-state index in [-0.39, 0.29) is 5.56 Å². The molecule has 0 radical (unpaired) electrons. The second kappa shape index (κ2) is 6.32. The van der Waals surface area contributed by atoms with Crippen LogP contribution in [-0.4, -0.2) is 56.8 Å². The lowest BCUT2D eigenvalue weighted by Crippen LogP contribution is -2.49. The number of anilines is 1. The Kier molecular flexibility index (Phi) is 3.98. The molecular formula is C17H16F2N6O.